The third-order valence-corrected chi connectivity index (χ3v) is 6.00. The Morgan fingerprint density at radius 3 is 2.70 bits per heavy atom. The van der Waals surface area contributed by atoms with Gasteiger partial charge in [0.2, 0.25) is 0 Å². The minimum Gasteiger partial charge on any atom is -0.490 e. The second kappa shape index (κ2) is 7.15. The van der Waals surface area contributed by atoms with Crippen LogP contribution in [0.3, 0.4) is 0 Å². The van der Waals surface area contributed by atoms with E-state index in [2.05, 4.69) is 5.32 Å². The van der Waals surface area contributed by atoms with Crippen LogP contribution in [0.15, 0.2) is 66.7 Å². The lowest BCUT2D eigenvalue weighted by atomic mass is 9.92. The Labute approximate surface area is 174 Å². The monoisotopic (exact) mass is 402 g/mol. The van der Waals surface area contributed by atoms with Gasteiger partial charge in [-0.25, -0.2) is 4.79 Å². The number of imide groups is 1. The molecule has 6 nitrogen and oxygen atoms in total. The van der Waals surface area contributed by atoms with Crippen LogP contribution in [0, 0.1) is 0 Å². The summed E-state index contributed by atoms with van der Waals surface area (Å²) in [6.07, 6.45) is 0.282. The summed E-state index contributed by atoms with van der Waals surface area (Å²) in [5, 5.41) is 15.4. The van der Waals surface area contributed by atoms with Crippen LogP contribution in [0.4, 0.5) is 4.79 Å². The van der Waals surface area contributed by atoms with Crippen LogP contribution in [0.1, 0.15) is 17.5 Å². The molecule has 2 atom stereocenters. The molecule has 152 valence electrons. The first-order chi connectivity index (χ1) is 14.6. The number of aryl methyl sites for hydroxylation is 1. The molecule has 30 heavy (non-hydrogen) atoms. The van der Waals surface area contributed by atoms with Gasteiger partial charge < -0.3 is 15.2 Å². The molecule has 1 aliphatic carbocycles. The molecule has 3 amide bonds. The van der Waals surface area contributed by atoms with Gasteiger partial charge in [-0.15, -0.1) is 0 Å². The van der Waals surface area contributed by atoms with Gasteiger partial charge >= 0.3 is 6.03 Å². The molecule has 0 aromatic heterocycles. The zero-order chi connectivity index (χ0) is 20.7. The molecule has 0 radical (unpaired) electrons. The summed E-state index contributed by atoms with van der Waals surface area (Å²) in [5.74, 6) is 0.354. The van der Waals surface area contributed by atoms with E-state index in [4.69, 9.17) is 4.74 Å². The maximum absolute atomic E-state index is 13.2. The molecule has 1 fully saturated rings. The minimum atomic E-state index is -1.01. The predicted octanol–water partition coefficient (Wildman–Crippen LogP) is 2.97. The first-order valence-corrected chi connectivity index (χ1v) is 10.1. The van der Waals surface area contributed by atoms with E-state index in [0.29, 0.717) is 12.2 Å². The van der Waals surface area contributed by atoms with Gasteiger partial charge in [-0.05, 0) is 35.4 Å². The Kier molecular flexibility index (Phi) is 4.44. The highest BCUT2D eigenvalue weighted by atomic mass is 16.5. The van der Waals surface area contributed by atoms with Crippen molar-refractivity contribution in [1.29, 1.82) is 0 Å². The Hall–Kier alpha value is -3.38. The fraction of sp³-hybridized carbons (Fsp3) is 0.250. The van der Waals surface area contributed by atoms with Crippen LogP contribution in [-0.4, -0.2) is 41.2 Å². The maximum Gasteiger partial charge on any atom is 0.325 e. The zero-order valence-corrected chi connectivity index (χ0v) is 16.4. The number of urea groups is 1. The molecule has 1 spiro atoms. The number of amides is 3. The molecule has 3 aromatic carbocycles. The van der Waals surface area contributed by atoms with Crippen molar-refractivity contribution >= 4 is 22.7 Å². The molecule has 2 aliphatic rings. The lowest BCUT2D eigenvalue weighted by Crippen LogP contribution is -2.43. The van der Waals surface area contributed by atoms with Crippen molar-refractivity contribution in [3.8, 4) is 5.75 Å². The Balaban J connectivity index is 1.29. The average molecular weight is 402 g/mol. The van der Waals surface area contributed by atoms with E-state index in [0.717, 1.165) is 33.2 Å². The highest BCUT2D eigenvalue weighted by Crippen LogP contribution is 2.41. The van der Waals surface area contributed by atoms with Crippen LogP contribution in [0.25, 0.3) is 10.8 Å². The summed E-state index contributed by atoms with van der Waals surface area (Å²) in [6, 6.07) is 20.8. The van der Waals surface area contributed by atoms with Gasteiger partial charge in [0.25, 0.3) is 5.91 Å². The zero-order valence-electron chi connectivity index (χ0n) is 16.4. The van der Waals surface area contributed by atoms with E-state index in [1.165, 1.54) is 0 Å². The van der Waals surface area contributed by atoms with Crippen molar-refractivity contribution < 1.29 is 19.4 Å². The number of aliphatic hydroxyl groups excluding tert-OH is 1. The maximum atomic E-state index is 13.2. The van der Waals surface area contributed by atoms with Gasteiger partial charge in [-0.3, -0.25) is 9.69 Å². The molecule has 1 aliphatic heterocycles. The molecule has 3 aromatic rings. The number of aliphatic hydroxyl groups is 1. The Morgan fingerprint density at radius 2 is 1.80 bits per heavy atom. The fourth-order valence-corrected chi connectivity index (χ4v) is 4.53. The lowest BCUT2D eigenvalue weighted by Gasteiger charge is -2.23. The van der Waals surface area contributed by atoms with E-state index in [9.17, 15) is 14.7 Å². The third-order valence-electron chi connectivity index (χ3n) is 6.00. The highest BCUT2D eigenvalue weighted by molar-refractivity contribution is 6.08. The molecule has 6 heteroatoms. The summed E-state index contributed by atoms with van der Waals surface area (Å²) < 4.78 is 5.82. The van der Waals surface area contributed by atoms with Crippen molar-refractivity contribution in [1.82, 2.24) is 10.2 Å². The summed E-state index contributed by atoms with van der Waals surface area (Å²) in [7, 11) is 0. The van der Waals surface area contributed by atoms with Crippen LogP contribution in [-0.2, 0) is 16.8 Å². The van der Waals surface area contributed by atoms with E-state index >= 15 is 0 Å². The SMILES string of the molecule is O=C1N[C@]2(CCc3ccccc32)C(=O)N1C[C@H](O)COc1cccc2ccccc12. The molecule has 0 bridgehead atoms. The van der Waals surface area contributed by atoms with Crippen LogP contribution in [0.5, 0.6) is 5.75 Å². The predicted molar refractivity (Wildman–Crippen MR) is 112 cm³/mol. The van der Waals surface area contributed by atoms with Gasteiger partial charge in [-0.2, -0.15) is 0 Å². The van der Waals surface area contributed by atoms with Crippen LogP contribution in [0.2, 0.25) is 0 Å². The van der Waals surface area contributed by atoms with Crippen molar-refractivity contribution in [2.45, 2.75) is 24.5 Å². The number of hydrogen-bond acceptors (Lipinski definition) is 4. The van der Waals surface area contributed by atoms with E-state index in [1.54, 1.807) is 0 Å². The number of nitrogens with one attached hydrogen (secondary N) is 1. The van der Waals surface area contributed by atoms with E-state index in [-0.39, 0.29) is 19.1 Å². The van der Waals surface area contributed by atoms with Gasteiger partial charge in [0, 0.05) is 5.39 Å². The number of β-amino-alcohol motifs (C(OH)–C–C–N with tert-alkyl or cyclic N) is 1. The molecule has 0 unspecified atom stereocenters. The number of carbonyl (C=O) groups is 2. The largest absolute Gasteiger partial charge is 0.490 e. The normalized spacial score (nSPS) is 21.2. The Morgan fingerprint density at radius 1 is 1.03 bits per heavy atom. The Bertz CT molecular complexity index is 1140. The summed E-state index contributed by atoms with van der Waals surface area (Å²) in [5.41, 5.74) is 0.921. The second-order valence-corrected chi connectivity index (χ2v) is 7.85. The van der Waals surface area contributed by atoms with Crippen LogP contribution < -0.4 is 10.1 Å². The molecule has 2 N–H and O–H groups in total. The van der Waals surface area contributed by atoms with Crippen molar-refractivity contribution in [2.24, 2.45) is 0 Å². The lowest BCUT2D eigenvalue weighted by molar-refractivity contribution is -0.132. The summed E-state index contributed by atoms with van der Waals surface area (Å²) >= 11 is 0. The number of carbonyl (C=O) groups excluding carboxylic acids is 2. The number of benzene rings is 3. The van der Waals surface area contributed by atoms with Crippen molar-refractivity contribution in [3.63, 3.8) is 0 Å². The standard InChI is InChI=1S/C24H22N2O4/c27-18(15-30-21-11-5-8-16-6-1-3-9-19(16)21)14-26-22(28)24(25-23(26)29)13-12-17-7-2-4-10-20(17)24/h1-11,18,27H,12-15H2,(H,25,29)/t18-,24-/m0/s1. The summed E-state index contributed by atoms with van der Waals surface area (Å²) in [6.45, 7) is -0.131. The van der Waals surface area contributed by atoms with Gasteiger partial charge in [-0.1, -0.05) is 60.7 Å². The molecule has 5 rings (SSSR count). The first kappa shape index (κ1) is 18.6. The molecule has 1 heterocycles. The third kappa shape index (κ3) is 2.92. The van der Waals surface area contributed by atoms with Crippen molar-refractivity contribution in [2.75, 3.05) is 13.2 Å². The second-order valence-electron chi connectivity index (χ2n) is 7.85. The molecule has 0 saturated carbocycles. The first-order valence-electron chi connectivity index (χ1n) is 10.1. The summed E-state index contributed by atoms with van der Waals surface area (Å²) in [4.78, 5) is 26.9. The number of rotatable bonds is 5. The number of ether oxygens (including phenoxy) is 1. The van der Waals surface area contributed by atoms with Gasteiger partial charge in [0.15, 0.2) is 0 Å². The average Bonchev–Trinajstić information content (AvgIpc) is 3.25. The van der Waals surface area contributed by atoms with Crippen LogP contribution >= 0.6 is 0 Å². The van der Waals surface area contributed by atoms with Gasteiger partial charge in [0.1, 0.15) is 24.0 Å². The number of fused-ring (bicyclic) bond motifs is 3. The number of hydrogen-bond donors (Lipinski definition) is 2. The quantitative estimate of drug-likeness (QED) is 0.643. The van der Waals surface area contributed by atoms with E-state index in [1.807, 2.05) is 66.7 Å². The molecular formula is C24H22N2O4. The molecular weight excluding hydrogens is 380 g/mol. The minimum absolute atomic E-state index is 0.0192. The fourth-order valence-electron chi connectivity index (χ4n) is 4.53. The van der Waals surface area contributed by atoms with E-state index < -0.39 is 17.7 Å². The highest BCUT2D eigenvalue weighted by Gasteiger charge is 2.55. The topological polar surface area (TPSA) is 78.9 Å². The molecule has 1 saturated heterocycles. The van der Waals surface area contributed by atoms with Gasteiger partial charge in [0.05, 0.1) is 6.54 Å². The van der Waals surface area contributed by atoms with Crippen molar-refractivity contribution in [3.05, 3.63) is 77.9 Å². The number of nitrogens with zero attached hydrogens (tertiary/aromatic N) is 1. The smallest absolute Gasteiger partial charge is 0.325 e.